The third-order valence-electron chi connectivity index (χ3n) is 3.93. The first-order valence-corrected chi connectivity index (χ1v) is 9.04. The zero-order valence-corrected chi connectivity index (χ0v) is 16.6. The molecule has 0 fully saturated rings. The van der Waals surface area contributed by atoms with Crippen molar-refractivity contribution in [2.24, 2.45) is 0 Å². The lowest BCUT2D eigenvalue weighted by Crippen LogP contribution is -2.28. The standard InChI is InChI=1S/C21H21ClN2O4/c1-21(2,26)13-28-18-8-7-16(12-19(18)27-3)24-10-9-17(23-20(24)25)14-5-4-6-15(22)11-14/h4-12,26H,13H2,1-3H3. The van der Waals surface area contributed by atoms with Crippen molar-refractivity contribution in [2.45, 2.75) is 19.4 Å². The summed E-state index contributed by atoms with van der Waals surface area (Å²) in [5, 5.41) is 10.4. The summed E-state index contributed by atoms with van der Waals surface area (Å²) in [7, 11) is 1.51. The van der Waals surface area contributed by atoms with Gasteiger partial charge in [0, 0.05) is 22.8 Å². The third kappa shape index (κ3) is 4.71. The highest BCUT2D eigenvalue weighted by molar-refractivity contribution is 6.30. The van der Waals surface area contributed by atoms with Crippen LogP contribution in [0.15, 0.2) is 59.5 Å². The van der Waals surface area contributed by atoms with Crippen molar-refractivity contribution in [3.8, 4) is 28.4 Å². The van der Waals surface area contributed by atoms with Crippen LogP contribution in [0.1, 0.15) is 13.8 Å². The van der Waals surface area contributed by atoms with E-state index in [4.69, 9.17) is 21.1 Å². The van der Waals surface area contributed by atoms with Crippen molar-refractivity contribution in [1.29, 1.82) is 0 Å². The molecule has 1 aromatic heterocycles. The number of benzene rings is 2. The van der Waals surface area contributed by atoms with Gasteiger partial charge in [-0.05, 0) is 44.2 Å². The predicted molar refractivity (Wildman–Crippen MR) is 109 cm³/mol. The highest BCUT2D eigenvalue weighted by atomic mass is 35.5. The molecule has 28 heavy (non-hydrogen) atoms. The summed E-state index contributed by atoms with van der Waals surface area (Å²) >= 11 is 6.01. The van der Waals surface area contributed by atoms with E-state index in [1.54, 1.807) is 56.4 Å². The first kappa shape index (κ1) is 19.9. The molecule has 0 unspecified atom stereocenters. The molecule has 0 aliphatic rings. The van der Waals surface area contributed by atoms with Gasteiger partial charge < -0.3 is 14.6 Å². The van der Waals surface area contributed by atoms with Crippen molar-refractivity contribution >= 4 is 11.6 Å². The van der Waals surface area contributed by atoms with E-state index < -0.39 is 11.3 Å². The molecule has 0 aliphatic carbocycles. The number of aliphatic hydroxyl groups is 1. The molecule has 0 amide bonds. The molecule has 0 atom stereocenters. The highest BCUT2D eigenvalue weighted by Gasteiger charge is 2.16. The zero-order valence-electron chi connectivity index (χ0n) is 15.8. The van der Waals surface area contributed by atoms with Crippen LogP contribution < -0.4 is 15.2 Å². The Morgan fingerprint density at radius 1 is 1.14 bits per heavy atom. The lowest BCUT2D eigenvalue weighted by atomic mass is 10.1. The van der Waals surface area contributed by atoms with E-state index in [0.29, 0.717) is 27.9 Å². The van der Waals surface area contributed by atoms with E-state index in [0.717, 1.165) is 5.56 Å². The number of aromatic nitrogens is 2. The summed E-state index contributed by atoms with van der Waals surface area (Å²) < 4.78 is 12.4. The molecule has 0 bridgehead atoms. The molecule has 3 aromatic rings. The smallest absolute Gasteiger partial charge is 0.352 e. The minimum Gasteiger partial charge on any atom is -0.493 e. The summed E-state index contributed by atoms with van der Waals surface area (Å²) in [5.41, 5.74) is 0.499. The van der Waals surface area contributed by atoms with Gasteiger partial charge in [0.05, 0.1) is 24.1 Å². The molecule has 6 nitrogen and oxygen atoms in total. The van der Waals surface area contributed by atoms with Crippen LogP contribution in [0.2, 0.25) is 5.02 Å². The van der Waals surface area contributed by atoms with E-state index in [-0.39, 0.29) is 6.61 Å². The minimum absolute atomic E-state index is 0.110. The van der Waals surface area contributed by atoms with Crippen molar-refractivity contribution in [2.75, 3.05) is 13.7 Å². The third-order valence-corrected chi connectivity index (χ3v) is 4.17. The number of nitrogens with zero attached hydrogens (tertiary/aromatic N) is 2. The summed E-state index contributed by atoms with van der Waals surface area (Å²) in [5.74, 6) is 0.928. The molecule has 0 saturated heterocycles. The molecule has 146 valence electrons. The average molecular weight is 401 g/mol. The summed E-state index contributed by atoms with van der Waals surface area (Å²) in [4.78, 5) is 16.7. The Kier molecular flexibility index (Phi) is 5.72. The quantitative estimate of drug-likeness (QED) is 0.682. The maximum absolute atomic E-state index is 12.6. The monoisotopic (exact) mass is 400 g/mol. The fourth-order valence-corrected chi connectivity index (χ4v) is 2.78. The Hall–Kier alpha value is -2.83. The molecular formula is C21H21ClN2O4. The molecule has 3 rings (SSSR count). The molecule has 2 aromatic carbocycles. The van der Waals surface area contributed by atoms with Gasteiger partial charge in [0.15, 0.2) is 11.5 Å². The number of hydrogen-bond acceptors (Lipinski definition) is 5. The van der Waals surface area contributed by atoms with Crippen molar-refractivity contribution in [1.82, 2.24) is 9.55 Å². The molecule has 0 aliphatic heterocycles. The lowest BCUT2D eigenvalue weighted by Gasteiger charge is -2.19. The van der Waals surface area contributed by atoms with Crippen LogP contribution in [0.5, 0.6) is 11.5 Å². The summed E-state index contributed by atoms with van der Waals surface area (Å²) in [6.45, 7) is 3.42. The minimum atomic E-state index is -0.972. The number of halogens is 1. The van der Waals surface area contributed by atoms with Crippen LogP contribution in [0.25, 0.3) is 16.9 Å². The molecule has 0 saturated carbocycles. The largest absolute Gasteiger partial charge is 0.493 e. The van der Waals surface area contributed by atoms with Crippen LogP contribution >= 0.6 is 11.6 Å². The number of rotatable bonds is 6. The van der Waals surface area contributed by atoms with Crippen LogP contribution in [-0.4, -0.2) is 34.0 Å². The maximum Gasteiger partial charge on any atom is 0.352 e. The van der Waals surface area contributed by atoms with Gasteiger partial charge in [-0.15, -0.1) is 0 Å². The van der Waals surface area contributed by atoms with Crippen LogP contribution in [-0.2, 0) is 0 Å². The number of hydrogen-bond donors (Lipinski definition) is 1. The molecule has 0 spiro atoms. The second-order valence-electron chi connectivity index (χ2n) is 6.91. The first-order valence-electron chi connectivity index (χ1n) is 8.66. The molecule has 1 N–H and O–H groups in total. The topological polar surface area (TPSA) is 73.6 Å². The Balaban J connectivity index is 1.92. The average Bonchev–Trinajstić information content (AvgIpc) is 2.65. The first-order chi connectivity index (χ1) is 13.3. The summed E-state index contributed by atoms with van der Waals surface area (Å²) in [6.07, 6.45) is 1.65. The van der Waals surface area contributed by atoms with Gasteiger partial charge in [0.1, 0.15) is 6.61 Å². The van der Waals surface area contributed by atoms with Crippen molar-refractivity contribution in [3.63, 3.8) is 0 Å². The Labute approximate surface area is 168 Å². The number of methoxy groups -OCH3 is 1. The zero-order chi connectivity index (χ0) is 20.3. The van der Waals surface area contributed by atoms with Gasteiger partial charge in [0.2, 0.25) is 0 Å². The number of ether oxygens (including phenoxy) is 2. The Bertz CT molecular complexity index is 1040. The van der Waals surface area contributed by atoms with E-state index in [1.807, 2.05) is 12.1 Å². The van der Waals surface area contributed by atoms with Gasteiger partial charge in [-0.25, -0.2) is 4.79 Å². The second-order valence-corrected chi connectivity index (χ2v) is 7.35. The summed E-state index contributed by atoms with van der Waals surface area (Å²) in [6, 6.07) is 14.0. The maximum atomic E-state index is 12.6. The van der Waals surface area contributed by atoms with Crippen LogP contribution in [0.4, 0.5) is 0 Å². The van der Waals surface area contributed by atoms with Crippen LogP contribution in [0, 0.1) is 0 Å². The van der Waals surface area contributed by atoms with Crippen LogP contribution in [0.3, 0.4) is 0 Å². The Morgan fingerprint density at radius 2 is 1.93 bits per heavy atom. The predicted octanol–water partition coefficient (Wildman–Crippen LogP) is 3.71. The molecular weight excluding hydrogens is 380 g/mol. The van der Waals surface area contributed by atoms with E-state index in [2.05, 4.69) is 4.98 Å². The second kappa shape index (κ2) is 8.04. The van der Waals surface area contributed by atoms with Gasteiger partial charge >= 0.3 is 5.69 Å². The van der Waals surface area contributed by atoms with E-state index in [9.17, 15) is 9.90 Å². The van der Waals surface area contributed by atoms with Gasteiger partial charge in [0.25, 0.3) is 0 Å². The van der Waals surface area contributed by atoms with Gasteiger partial charge in [-0.1, -0.05) is 23.7 Å². The fourth-order valence-electron chi connectivity index (χ4n) is 2.59. The van der Waals surface area contributed by atoms with Crippen molar-refractivity contribution in [3.05, 3.63) is 70.2 Å². The SMILES string of the molecule is COc1cc(-n2ccc(-c3cccc(Cl)c3)nc2=O)ccc1OCC(C)(C)O. The van der Waals surface area contributed by atoms with Gasteiger partial charge in [-0.3, -0.25) is 4.57 Å². The lowest BCUT2D eigenvalue weighted by molar-refractivity contribution is 0.0276. The molecule has 0 radical (unpaired) electrons. The normalized spacial score (nSPS) is 11.3. The molecule has 7 heteroatoms. The van der Waals surface area contributed by atoms with Gasteiger partial charge in [-0.2, -0.15) is 4.98 Å². The highest BCUT2D eigenvalue weighted by Crippen LogP contribution is 2.30. The van der Waals surface area contributed by atoms with E-state index >= 15 is 0 Å². The Morgan fingerprint density at radius 3 is 2.57 bits per heavy atom. The van der Waals surface area contributed by atoms with E-state index in [1.165, 1.54) is 11.7 Å². The molecule has 1 heterocycles. The fraction of sp³-hybridized carbons (Fsp3) is 0.238. The van der Waals surface area contributed by atoms with Crippen molar-refractivity contribution < 1.29 is 14.6 Å².